The lowest BCUT2D eigenvalue weighted by Crippen LogP contribution is -2.55. The number of nitrogens with zero attached hydrogens (tertiary/aromatic N) is 1. The third-order valence-corrected chi connectivity index (χ3v) is 5.31. The van der Waals surface area contributed by atoms with Crippen molar-refractivity contribution in [1.29, 1.82) is 0 Å². The molecule has 3 atom stereocenters. The summed E-state index contributed by atoms with van der Waals surface area (Å²) < 4.78 is 0. The maximum atomic E-state index is 12.3. The maximum absolute atomic E-state index is 12.3. The molecule has 0 bridgehead atoms. The highest BCUT2D eigenvalue weighted by molar-refractivity contribution is 5.81. The molecule has 2 N–H and O–H groups in total. The lowest BCUT2D eigenvalue weighted by atomic mass is 9.77. The van der Waals surface area contributed by atoms with E-state index in [9.17, 15) is 4.79 Å². The van der Waals surface area contributed by atoms with Crippen molar-refractivity contribution >= 4 is 5.91 Å². The Kier molecular flexibility index (Phi) is 6.97. The van der Waals surface area contributed by atoms with Crippen LogP contribution in [-0.4, -0.2) is 49.1 Å². The Labute approximate surface area is 130 Å². The van der Waals surface area contributed by atoms with E-state index in [0.29, 0.717) is 6.04 Å². The molecule has 2 rings (SSSR count). The molecule has 1 saturated heterocycles. The molecule has 2 fully saturated rings. The lowest BCUT2D eigenvalue weighted by molar-refractivity contribution is -0.124. The number of hydrogen-bond donors (Lipinski definition) is 2. The molecule has 0 aromatic heterocycles. The molecular formula is C17H33N3O. The van der Waals surface area contributed by atoms with Gasteiger partial charge in [-0.15, -0.1) is 0 Å². The summed E-state index contributed by atoms with van der Waals surface area (Å²) in [6.07, 6.45) is 8.62. The van der Waals surface area contributed by atoms with Crippen LogP contribution in [0.4, 0.5) is 0 Å². The van der Waals surface area contributed by atoms with Crippen LogP contribution >= 0.6 is 0 Å². The second kappa shape index (κ2) is 8.74. The van der Waals surface area contributed by atoms with Gasteiger partial charge in [-0.1, -0.05) is 26.7 Å². The van der Waals surface area contributed by atoms with E-state index in [1.807, 2.05) is 0 Å². The van der Waals surface area contributed by atoms with Crippen molar-refractivity contribution in [3.8, 4) is 0 Å². The van der Waals surface area contributed by atoms with Gasteiger partial charge in [-0.25, -0.2) is 0 Å². The summed E-state index contributed by atoms with van der Waals surface area (Å²) in [5.41, 5.74) is 0. The Morgan fingerprint density at radius 2 is 1.90 bits per heavy atom. The van der Waals surface area contributed by atoms with E-state index in [4.69, 9.17) is 0 Å². The summed E-state index contributed by atoms with van der Waals surface area (Å²) in [5.74, 6) is 1.05. The Bertz CT molecular complexity index is 317. The van der Waals surface area contributed by atoms with Gasteiger partial charge in [0.25, 0.3) is 0 Å². The van der Waals surface area contributed by atoms with Crippen LogP contribution in [0.25, 0.3) is 0 Å². The standard InChI is InChI=1S/C17H33N3O/c1-3-20(4-2)13-7-12-18-17(21)16-11-10-14-8-5-6-9-15(14)19-16/h14-16,19H,3-13H2,1-2H3,(H,18,21). The molecule has 0 aromatic rings. The van der Waals surface area contributed by atoms with Gasteiger partial charge < -0.3 is 15.5 Å². The molecule has 3 unspecified atom stereocenters. The van der Waals surface area contributed by atoms with E-state index in [2.05, 4.69) is 29.4 Å². The predicted octanol–water partition coefficient (Wildman–Crippen LogP) is 2.15. The number of hydrogen-bond acceptors (Lipinski definition) is 3. The zero-order valence-corrected chi connectivity index (χ0v) is 13.9. The SMILES string of the molecule is CCN(CC)CCCNC(=O)C1CCC2CCCCC2N1. The summed E-state index contributed by atoms with van der Waals surface area (Å²) >= 11 is 0. The first kappa shape index (κ1) is 16.8. The number of piperidine rings is 1. The fourth-order valence-electron chi connectivity index (χ4n) is 3.88. The molecule has 122 valence electrons. The minimum absolute atomic E-state index is 0.0535. The van der Waals surface area contributed by atoms with Gasteiger partial charge in [-0.3, -0.25) is 4.79 Å². The molecule has 0 spiro atoms. The Hall–Kier alpha value is -0.610. The van der Waals surface area contributed by atoms with Gasteiger partial charge in [0.2, 0.25) is 5.91 Å². The van der Waals surface area contributed by atoms with Gasteiger partial charge in [-0.05, 0) is 57.7 Å². The number of carbonyl (C=O) groups excluding carboxylic acids is 1. The molecule has 4 nitrogen and oxygen atoms in total. The van der Waals surface area contributed by atoms with Crippen molar-refractivity contribution in [3.63, 3.8) is 0 Å². The maximum Gasteiger partial charge on any atom is 0.237 e. The van der Waals surface area contributed by atoms with Crippen molar-refractivity contribution in [3.05, 3.63) is 0 Å². The van der Waals surface area contributed by atoms with Gasteiger partial charge in [0.1, 0.15) is 0 Å². The topological polar surface area (TPSA) is 44.4 Å². The highest BCUT2D eigenvalue weighted by Gasteiger charge is 2.34. The molecule has 0 aromatic carbocycles. The van der Waals surface area contributed by atoms with Crippen molar-refractivity contribution in [1.82, 2.24) is 15.5 Å². The fraction of sp³-hybridized carbons (Fsp3) is 0.941. The van der Waals surface area contributed by atoms with Gasteiger partial charge in [0.15, 0.2) is 0 Å². The number of amides is 1. The van der Waals surface area contributed by atoms with E-state index in [0.717, 1.165) is 44.9 Å². The average Bonchev–Trinajstić information content (AvgIpc) is 2.54. The number of rotatable bonds is 7. The normalized spacial score (nSPS) is 29.2. The number of carbonyl (C=O) groups is 1. The molecule has 1 aliphatic heterocycles. The third kappa shape index (κ3) is 4.96. The first-order valence-corrected chi connectivity index (χ1v) is 9.00. The molecule has 1 heterocycles. The molecular weight excluding hydrogens is 262 g/mol. The summed E-state index contributed by atoms with van der Waals surface area (Å²) in [6, 6.07) is 0.650. The monoisotopic (exact) mass is 295 g/mol. The Balaban J connectivity index is 1.64. The second-order valence-corrected chi connectivity index (χ2v) is 6.62. The molecule has 2 aliphatic rings. The predicted molar refractivity (Wildman–Crippen MR) is 87.3 cm³/mol. The second-order valence-electron chi connectivity index (χ2n) is 6.62. The van der Waals surface area contributed by atoms with Gasteiger partial charge in [0.05, 0.1) is 6.04 Å². The smallest absolute Gasteiger partial charge is 0.237 e. The van der Waals surface area contributed by atoms with E-state index < -0.39 is 0 Å². The van der Waals surface area contributed by atoms with E-state index in [-0.39, 0.29) is 11.9 Å². The first-order valence-electron chi connectivity index (χ1n) is 9.00. The van der Waals surface area contributed by atoms with Crippen molar-refractivity contribution in [2.24, 2.45) is 5.92 Å². The zero-order chi connectivity index (χ0) is 15.1. The molecule has 0 radical (unpaired) electrons. The molecule has 4 heteroatoms. The molecule has 21 heavy (non-hydrogen) atoms. The van der Waals surface area contributed by atoms with E-state index in [1.54, 1.807) is 0 Å². The number of nitrogens with one attached hydrogen (secondary N) is 2. The highest BCUT2D eigenvalue weighted by Crippen LogP contribution is 2.32. The molecule has 1 saturated carbocycles. The highest BCUT2D eigenvalue weighted by atomic mass is 16.2. The Morgan fingerprint density at radius 3 is 2.67 bits per heavy atom. The average molecular weight is 295 g/mol. The van der Waals surface area contributed by atoms with Gasteiger partial charge >= 0.3 is 0 Å². The lowest BCUT2D eigenvalue weighted by Gasteiger charge is -2.39. The van der Waals surface area contributed by atoms with Crippen LogP contribution in [0, 0.1) is 5.92 Å². The third-order valence-electron chi connectivity index (χ3n) is 5.31. The Morgan fingerprint density at radius 1 is 1.14 bits per heavy atom. The molecule has 1 amide bonds. The van der Waals surface area contributed by atoms with Crippen LogP contribution in [0.2, 0.25) is 0 Å². The van der Waals surface area contributed by atoms with Crippen molar-refractivity contribution in [2.75, 3.05) is 26.2 Å². The quantitative estimate of drug-likeness (QED) is 0.707. The fourth-order valence-corrected chi connectivity index (χ4v) is 3.88. The first-order chi connectivity index (χ1) is 10.2. The summed E-state index contributed by atoms with van der Waals surface area (Å²) in [6.45, 7) is 8.45. The van der Waals surface area contributed by atoms with Crippen LogP contribution in [0.1, 0.15) is 58.8 Å². The van der Waals surface area contributed by atoms with Crippen molar-refractivity contribution in [2.45, 2.75) is 70.9 Å². The van der Waals surface area contributed by atoms with Crippen LogP contribution in [0.5, 0.6) is 0 Å². The van der Waals surface area contributed by atoms with Crippen LogP contribution in [0.15, 0.2) is 0 Å². The largest absolute Gasteiger partial charge is 0.355 e. The van der Waals surface area contributed by atoms with Crippen LogP contribution in [-0.2, 0) is 4.79 Å². The van der Waals surface area contributed by atoms with E-state index >= 15 is 0 Å². The summed E-state index contributed by atoms with van der Waals surface area (Å²) in [4.78, 5) is 14.7. The summed E-state index contributed by atoms with van der Waals surface area (Å²) in [7, 11) is 0. The van der Waals surface area contributed by atoms with Crippen LogP contribution < -0.4 is 10.6 Å². The van der Waals surface area contributed by atoms with E-state index in [1.165, 1.54) is 32.1 Å². The molecule has 1 aliphatic carbocycles. The van der Waals surface area contributed by atoms with Gasteiger partial charge in [-0.2, -0.15) is 0 Å². The zero-order valence-electron chi connectivity index (χ0n) is 13.9. The van der Waals surface area contributed by atoms with Crippen molar-refractivity contribution < 1.29 is 4.79 Å². The minimum atomic E-state index is 0.0535. The summed E-state index contributed by atoms with van der Waals surface area (Å²) in [5, 5.41) is 6.73. The minimum Gasteiger partial charge on any atom is -0.355 e. The van der Waals surface area contributed by atoms with Gasteiger partial charge in [0, 0.05) is 12.6 Å². The number of fused-ring (bicyclic) bond motifs is 1. The van der Waals surface area contributed by atoms with Crippen LogP contribution in [0.3, 0.4) is 0 Å².